The van der Waals surface area contributed by atoms with E-state index in [2.05, 4.69) is 51.8 Å². The minimum atomic E-state index is -0.457. The molecular weight excluding hydrogens is 348 g/mol. The Morgan fingerprint density at radius 1 is 0.964 bits per heavy atom. The van der Waals surface area contributed by atoms with Crippen molar-refractivity contribution in [1.82, 2.24) is 20.6 Å². The molecule has 1 aliphatic carbocycles. The van der Waals surface area contributed by atoms with Crippen LogP contribution in [0.2, 0.25) is 0 Å². The average molecular weight is 372 g/mol. The topological polar surface area (TPSA) is 71.5 Å². The molecule has 0 bridgehead atoms. The van der Waals surface area contributed by atoms with Gasteiger partial charge in [0, 0.05) is 16.4 Å². The average Bonchev–Trinajstić information content (AvgIpc) is 3.25. The fourth-order valence-corrected chi connectivity index (χ4v) is 4.22. The number of Topliss-reactive ketones (excluding diaryl/α,β-unsaturated/α-hetero) is 1. The molecule has 28 heavy (non-hydrogen) atoms. The van der Waals surface area contributed by atoms with Crippen LogP contribution in [0.3, 0.4) is 0 Å². The van der Waals surface area contributed by atoms with Gasteiger partial charge in [0.25, 0.3) is 0 Å². The predicted molar refractivity (Wildman–Crippen MR) is 111 cm³/mol. The summed E-state index contributed by atoms with van der Waals surface area (Å²) in [7, 11) is 0. The number of aromatic amines is 1. The van der Waals surface area contributed by atoms with Gasteiger partial charge in [0.2, 0.25) is 5.82 Å². The Bertz CT molecular complexity index is 1070. The second-order valence-electron chi connectivity index (χ2n) is 8.52. The van der Waals surface area contributed by atoms with Crippen molar-refractivity contribution in [3.63, 3.8) is 0 Å². The molecule has 1 N–H and O–H groups in total. The van der Waals surface area contributed by atoms with Gasteiger partial charge in [-0.1, -0.05) is 48.5 Å². The molecule has 2 aromatic carbocycles. The summed E-state index contributed by atoms with van der Waals surface area (Å²) in [6.45, 7) is 10.2. The van der Waals surface area contributed by atoms with Crippen molar-refractivity contribution in [1.29, 1.82) is 0 Å². The highest BCUT2D eigenvalue weighted by Gasteiger charge is 2.50. The summed E-state index contributed by atoms with van der Waals surface area (Å²) in [5.41, 5.74) is 5.71. The van der Waals surface area contributed by atoms with Gasteiger partial charge in [-0.25, -0.2) is 0 Å². The fraction of sp³-hybridized carbons (Fsp3) is 0.304. The molecule has 0 unspecified atom stereocenters. The predicted octanol–water partition coefficient (Wildman–Crippen LogP) is 4.57. The molecule has 4 rings (SSSR count). The van der Waals surface area contributed by atoms with Crippen molar-refractivity contribution in [3.8, 4) is 11.4 Å². The van der Waals surface area contributed by atoms with Gasteiger partial charge < -0.3 is 0 Å². The smallest absolute Gasteiger partial charge is 0.204 e. The lowest BCUT2D eigenvalue weighted by molar-refractivity contribution is -0.126. The van der Waals surface area contributed by atoms with Gasteiger partial charge in [-0.15, -0.1) is 10.2 Å². The second-order valence-corrected chi connectivity index (χ2v) is 8.52. The molecule has 1 aliphatic rings. The molecule has 5 heteroatoms. The number of nitrogens with one attached hydrogen (secondary N) is 1. The quantitative estimate of drug-likeness (QED) is 0.684. The molecule has 1 heterocycles. The first-order valence-electron chi connectivity index (χ1n) is 9.44. The van der Waals surface area contributed by atoms with E-state index < -0.39 is 10.8 Å². The minimum absolute atomic E-state index is 0.283. The lowest BCUT2D eigenvalue weighted by atomic mass is 9.80. The summed E-state index contributed by atoms with van der Waals surface area (Å²) < 4.78 is 0. The Morgan fingerprint density at radius 2 is 1.64 bits per heavy atom. The molecular formula is C23H24N4O. The maximum atomic E-state index is 12.9. The van der Waals surface area contributed by atoms with Crippen LogP contribution in [-0.2, 0) is 15.6 Å². The Kier molecular flexibility index (Phi) is 4.07. The number of benzene rings is 2. The molecule has 0 atom stereocenters. The number of H-pyrrole nitrogens is 1. The van der Waals surface area contributed by atoms with Crippen LogP contribution < -0.4 is 0 Å². The van der Waals surface area contributed by atoms with Crippen molar-refractivity contribution in [2.24, 2.45) is 0 Å². The molecule has 3 aromatic rings. The van der Waals surface area contributed by atoms with Crippen molar-refractivity contribution in [3.05, 3.63) is 64.7 Å². The third-order valence-corrected chi connectivity index (χ3v) is 5.85. The maximum absolute atomic E-state index is 12.9. The van der Waals surface area contributed by atoms with Crippen LogP contribution in [0.4, 0.5) is 0 Å². The zero-order valence-electron chi connectivity index (χ0n) is 16.9. The van der Waals surface area contributed by atoms with Gasteiger partial charge in [0.15, 0.2) is 5.78 Å². The number of fused-ring (bicyclic) bond motifs is 1. The number of aromatic nitrogens is 4. The summed E-state index contributed by atoms with van der Waals surface area (Å²) in [6.07, 6.45) is 2.15. The molecule has 0 spiro atoms. The standard InChI is InChI=1S/C23H24N4O/c1-14(12-15-6-8-16(9-7-15)20-24-26-27-25-20)17-10-11-18-19(13-17)23(4,5)21(28)22(18,2)3/h6-13H,1-5H3,(H,24,25,26,27). The number of carbonyl (C=O) groups excluding carboxylic acids is 1. The van der Waals surface area contributed by atoms with Crippen LogP contribution in [0.5, 0.6) is 0 Å². The molecule has 0 saturated heterocycles. The fourth-order valence-electron chi connectivity index (χ4n) is 4.22. The SMILES string of the molecule is CC(=Cc1ccc(-c2nn[nH]n2)cc1)c1ccc2c(c1)C(C)(C)C(=O)C2(C)C. The van der Waals surface area contributed by atoms with Crippen molar-refractivity contribution in [2.75, 3.05) is 0 Å². The number of hydrogen-bond donors (Lipinski definition) is 1. The van der Waals surface area contributed by atoms with Crippen molar-refractivity contribution >= 4 is 17.4 Å². The maximum Gasteiger partial charge on any atom is 0.204 e. The van der Waals surface area contributed by atoms with Crippen LogP contribution in [-0.4, -0.2) is 26.4 Å². The first kappa shape index (κ1) is 18.3. The Labute approximate surface area is 164 Å². The molecule has 142 valence electrons. The number of tetrazole rings is 1. The van der Waals surface area contributed by atoms with Crippen LogP contribution in [0.1, 0.15) is 56.9 Å². The first-order chi connectivity index (χ1) is 13.2. The number of carbonyl (C=O) groups is 1. The lowest BCUT2D eigenvalue weighted by Gasteiger charge is -2.21. The van der Waals surface area contributed by atoms with Crippen molar-refractivity contribution in [2.45, 2.75) is 45.4 Å². The van der Waals surface area contributed by atoms with E-state index in [-0.39, 0.29) is 5.78 Å². The molecule has 0 fully saturated rings. The van der Waals surface area contributed by atoms with E-state index in [1.165, 1.54) is 0 Å². The summed E-state index contributed by atoms with van der Waals surface area (Å²) in [4.78, 5) is 12.9. The summed E-state index contributed by atoms with van der Waals surface area (Å²) in [6, 6.07) is 14.5. The summed E-state index contributed by atoms with van der Waals surface area (Å²) >= 11 is 0. The highest BCUT2D eigenvalue weighted by Crippen LogP contribution is 2.47. The third-order valence-electron chi connectivity index (χ3n) is 5.85. The number of nitrogens with zero attached hydrogens (tertiary/aromatic N) is 3. The van der Waals surface area contributed by atoms with E-state index in [0.29, 0.717) is 5.82 Å². The molecule has 0 radical (unpaired) electrons. The van der Waals surface area contributed by atoms with Crippen LogP contribution >= 0.6 is 0 Å². The zero-order chi connectivity index (χ0) is 20.1. The van der Waals surface area contributed by atoms with Gasteiger partial charge in [0.1, 0.15) is 0 Å². The van der Waals surface area contributed by atoms with Gasteiger partial charge in [-0.05, 0) is 67.7 Å². The minimum Gasteiger partial charge on any atom is -0.298 e. The molecule has 0 amide bonds. The molecule has 0 saturated carbocycles. The summed E-state index contributed by atoms with van der Waals surface area (Å²) in [5, 5.41) is 14.1. The van der Waals surface area contributed by atoms with E-state index in [4.69, 9.17) is 0 Å². The molecule has 1 aromatic heterocycles. The van der Waals surface area contributed by atoms with Crippen LogP contribution in [0.25, 0.3) is 23.0 Å². The Morgan fingerprint density at radius 3 is 2.29 bits per heavy atom. The number of ketones is 1. The zero-order valence-corrected chi connectivity index (χ0v) is 16.9. The van der Waals surface area contributed by atoms with Crippen LogP contribution in [0, 0.1) is 0 Å². The Balaban J connectivity index is 1.67. The van der Waals surface area contributed by atoms with Crippen LogP contribution in [0.15, 0.2) is 42.5 Å². The molecule has 5 nitrogen and oxygen atoms in total. The van der Waals surface area contributed by atoms with Gasteiger partial charge in [0.05, 0.1) is 0 Å². The number of rotatable bonds is 3. The van der Waals surface area contributed by atoms with E-state index in [1.54, 1.807) is 0 Å². The van der Waals surface area contributed by atoms with Gasteiger partial charge in [-0.2, -0.15) is 5.21 Å². The third kappa shape index (κ3) is 2.78. The van der Waals surface area contributed by atoms with E-state index >= 15 is 0 Å². The largest absolute Gasteiger partial charge is 0.298 e. The van der Waals surface area contributed by atoms with E-state index in [9.17, 15) is 4.79 Å². The van der Waals surface area contributed by atoms with E-state index in [0.717, 1.165) is 33.4 Å². The number of allylic oxidation sites excluding steroid dienone is 1. The van der Waals surface area contributed by atoms with Gasteiger partial charge in [-0.3, -0.25) is 4.79 Å². The molecule has 0 aliphatic heterocycles. The highest BCUT2D eigenvalue weighted by molar-refractivity contribution is 6.03. The first-order valence-corrected chi connectivity index (χ1v) is 9.44. The Hall–Kier alpha value is -3.08. The number of hydrogen-bond acceptors (Lipinski definition) is 4. The normalized spacial score (nSPS) is 17.6. The van der Waals surface area contributed by atoms with Crippen molar-refractivity contribution < 1.29 is 4.79 Å². The lowest BCUT2D eigenvalue weighted by Crippen LogP contribution is -2.33. The second kappa shape index (κ2) is 6.23. The summed E-state index contributed by atoms with van der Waals surface area (Å²) in [5.74, 6) is 0.867. The van der Waals surface area contributed by atoms with Gasteiger partial charge >= 0.3 is 0 Å². The monoisotopic (exact) mass is 372 g/mol. The highest BCUT2D eigenvalue weighted by atomic mass is 16.1. The van der Waals surface area contributed by atoms with E-state index in [1.807, 2.05) is 52.0 Å².